The number of rotatable bonds is 2. The van der Waals surface area contributed by atoms with Crippen LogP contribution in [0.15, 0.2) is 12.1 Å². The maximum atomic E-state index is 12.0. The fourth-order valence-corrected chi connectivity index (χ4v) is 3.23. The first-order valence-corrected chi connectivity index (χ1v) is 6.79. The van der Waals surface area contributed by atoms with Crippen LogP contribution < -0.4 is 9.47 Å². The van der Waals surface area contributed by atoms with E-state index in [9.17, 15) is 4.79 Å². The van der Waals surface area contributed by atoms with Crippen molar-refractivity contribution in [2.45, 2.75) is 31.7 Å². The number of nitrogens with zero attached hydrogens (tertiary/aromatic N) is 1. The first kappa shape index (κ1) is 12.3. The summed E-state index contributed by atoms with van der Waals surface area (Å²) in [5.41, 5.74) is 2.52. The first-order valence-electron chi connectivity index (χ1n) is 6.79. The van der Waals surface area contributed by atoms with E-state index in [4.69, 9.17) is 9.47 Å². The molecule has 1 amide bonds. The number of hydrogen-bond donors (Lipinski definition) is 0. The smallest absolute Gasteiger partial charge is 0.223 e. The molecule has 0 saturated carbocycles. The van der Waals surface area contributed by atoms with Crippen molar-refractivity contribution in [1.29, 1.82) is 0 Å². The third-order valence-electron chi connectivity index (χ3n) is 4.19. The van der Waals surface area contributed by atoms with Crippen LogP contribution in [0.1, 0.15) is 36.4 Å². The summed E-state index contributed by atoms with van der Waals surface area (Å²) >= 11 is 0. The van der Waals surface area contributed by atoms with Gasteiger partial charge in [0.15, 0.2) is 11.5 Å². The number of hydrogen-bond acceptors (Lipinski definition) is 3. The van der Waals surface area contributed by atoms with Gasteiger partial charge in [-0.05, 0) is 42.5 Å². The van der Waals surface area contributed by atoms with Crippen LogP contribution >= 0.6 is 0 Å². The van der Waals surface area contributed by atoms with Crippen LogP contribution in [0.25, 0.3) is 0 Å². The molecule has 1 saturated heterocycles. The van der Waals surface area contributed by atoms with E-state index < -0.39 is 0 Å². The quantitative estimate of drug-likeness (QED) is 0.820. The first-order chi connectivity index (χ1) is 9.24. The van der Waals surface area contributed by atoms with Crippen molar-refractivity contribution in [1.82, 2.24) is 4.90 Å². The molecule has 2 heterocycles. The summed E-state index contributed by atoms with van der Waals surface area (Å²) in [6, 6.07) is 4.33. The van der Waals surface area contributed by atoms with Gasteiger partial charge in [-0.1, -0.05) is 0 Å². The molecule has 4 heteroatoms. The van der Waals surface area contributed by atoms with Crippen molar-refractivity contribution in [2.75, 3.05) is 20.8 Å². The molecule has 1 atom stereocenters. The Balaban J connectivity index is 2.04. The van der Waals surface area contributed by atoms with Crippen molar-refractivity contribution < 1.29 is 14.3 Å². The Hall–Kier alpha value is -1.71. The zero-order chi connectivity index (χ0) is 13.4. The van der Waals surface area contributed by atoms with Crippen LogP contribution in [0, 0.1) is 0 Å². The highest BCUT2D eigenvalue weighted by atomic mass is 16.5. The zero-order valence-corrected chi connectivity index (χ0v) is 11.4. The van der Waals surface area contributed by atoms with Gasteiger partial charge in [0.05, 0.1) is 20.3 Å². The number of carbonyl (C=O) groups excluding carboxylic acids is 1. The van der Waals surface area contributed by atoms with E-state index in [2.05, 4.69) is 6.07 Å². The topological polar surface area (TPSA) is 38.8 Å². The maximum absolute atomic E-state index is 12.0. The standard InChI is InChI=1S/C15H19NO3/c1-18-13-8-10-6-7-16-12(4-3-5-15(16)17)11(10)9-14(13)19-2/h8-9,12H,3-7H2,1-2H3. The molecule has 0 radical (unpaired) electrons. The van der Waals surface area contributed by atoms with Gasteiger partial charge in [0.2, 0.25) is 5.91 Å². The molecule has 2 aliphatic rings. The summed E-state index contributed by atoms with van der Waals surface area (Å²) in [7, 11) is 3.31. The van der Waals surface area contributed by atoms with Crippen molar-refractivity contribution in [3.8, 4) is 11.5 Å². The third kappa shape index (κ3) is 1.95. The molecule has 1 unspecified atom stereocenters. The van der Waals surface area contributed by atoms with Gasteiger partial charge in [-0.2, -0.15) is 0 Å². The number of piperidine rings is 1. The molecule has 102 valence electrons. The second-order valence-corrected chi connectivity index (χ2v) is 5.15. The SMILES string of the molecule is COc1cc2c(cc1OC)C1CCCC(=O)N1CC2. The minimum atomic E-state index is 0.227. The van der Waals surface area contributed by atoms with Crippen LogP contribution in [0.2, 0.25) is 0 Å². The summed E-state index contributed by atoms with van der Waals surface area (Å²) < 4.78 is 10.7. The highest BCUT2D eigenvalue weighted by Crippen LogP contribution is 2.41. The van der Waals surface area contributed by atoms with Gasteiger partial charge >= 0.3 is 0 Å². The molecule has 0 aliphatic carbocycles. The predicted octanol–water partition coefficient (Wildman–Crippen LogP) is 2.31. The third-order valence-corrected chi connectivity index (χ3v) is 4.19. The molecule has 19 heavy (non-hydrogen) atoms. The van der Waals surface area contributed by atoms with E-state index in [1.165, 1.54) is 11.1 Å². The van der Waals surface area contributed by atoms with E-state index in [0.717, 1.165) is 37.3 Å². The van der Waals surface area contributed by atoms with Crippen molar-refractivity contribution in [3.05, 3.63) is 23.3 Å². The number of fused-ring (bicyclic) bond motifs is 3. The molecule has 0 N–H and O–H groups in total. The van der Waals surface area contributed by atoms with Gasteiger partial charge in [-0.15, -0.1) is 0 Å². The van der Waals surface area contributed by atoms with Gasteiger partial charge in [0.25, 0.3) is 0 Å². The molecule has 3 rings (SSSR count). The Kier molecular flexibility index (Phi) is 3.09. The van der Waals surface area contributed by atoms with Crippen molar-refractivity contribution in [3.63, 3.8) is 0 Å². The summed E-state index contributed by atoms with van der Waals surface area (Å²) in [6.45, 7) is 0.825. The summed E-state index contributed by atoms with van der Waals surface area (Å²) in [5.74, 6) is 1.81. The summed E-state index contributed by atoms with van der Waals surface area (Å²) in [4.78, 5) is 14.0. The Morgan fingerprint density at radius 1 is 1.16 bits per heavy atom. The van der Waals surface area contributed by atoms with Crippen LogP contribution in [0.5, 0.6) is 11.5 Å². The molecule has 0 spiro atoms. The van der Waals surface area contributed by atoms with Crippen LogP contribution in [0.3, 0.4) is 0 Å². The van der Waals surface area contributed by atoms with E-state index in [1.54, 1.807) is 14.2 Å². The lowest BCUT2D eigenvalue weighted by Gasteiger charge is -2.40. The van der Waals surface area contributed by atoms with Crippen LogP contribution in [0.4, 0.5) is 0 Å². The Labute approximate surface area is 113 Å². The molecule has 2 aliphatic heterocycles. The fraction of sp³-hybridized carbons (Fsp3) is 0.533. The normalized spacial score (nSPS) is 21.7. The lowest BCUT2D eigenvalue weighted by molar-refractivity contribution is -0.137. The number of amides is 1. The second-order valence-electron chi connectivity index (χ2n) is 5.15. The van der Waals surface area contributed by atoms with Crippen molar-refractivity contribution >= 4 is 5.91 Å². The van der Waals surface area contributed by atoms with Crippen LogP contribution in [-0.4, -0.2) is 31.6 Å². The lowest BCUT2D eigenvalue weighted by atomic mass is 9.86. The van der Waals surface area contributed by atoms with Gasteiger partial charge in [0, 0.05) is 13.0 Å². The summed E-state index contributed by atoms with van der Waals surface area (Å²) in [5, 5.41) is 0. The van der Waals surface area contributed by atoms with Gasteiger partial charge in [-0.25, -0.2) is 0 Å². The molecule has 0 bridgehead atoms. The van der Waals surface area contributed by atoms with Gasteiger partial charge < -0.3 is 14.4 Å². The Morgan fingerprint density at radius 3 is 2.63 bits per heavy atom. The molecular formula is C15H19NO3. The number of carbonyl (C=O) groups is 1. The highest BCUT2D eigenvalue weighted by Gasteiger charge is 2.34. The van der Waals surface area contributed by atoms with E-state index in [1.807, 2.05) is 11.0 Å². The molecular weight excluding hydrogens is 242 g/mol. The van der Waals surface area contributed by atoms with E-state index in [-0.39, 0.29) is 11.9 Å². The number of ether oxygens (including phenoxy) is 2. The molecule has 1 fully saturated rings. The number of methoxy groups -OCH3 is 2. The highest BCUT2D eigenvalue weighted by molar-refractivity contribution is 5.78. The second kappa shape index (κ2) is 4.76. The zero-order valence-electron chi connectivity index (χ0n) is 11.4. The lowest BCUT2D eigenvalue weighted by Crippen LogP contribution is -2.42. The fourth-order valence-electron chi connectivity index (χ4n) is 3.23. The minimum Gasteiger partial charge on any atom is -0.493 e. The average molecular weight is 261 g/mol. The predicted molar refractivity (Wildman–Crippen MR) is 71.6 cm³/mol. The minimum absolute atomic E-state index is 0.227. The molecule has 0 aromatic heterocycles. The molecule has 1 aromatic carbocycles. The maximum Gasteiger partial charge on any atom is 0.223 e. The van der Waals surface area contributed by atoms with Crippen molar-refractivity contribution in [2.24, 2.45) is 0 Å². The van der Waals surface area contributed by atoms with E-state index >= 15 is 0 Å². The molecule has 1 aromatic rings. The van der Waals surface area contributed by atoms with Crippen LogP contribution in [-0.2, 0) is 11.2 Å². The largest absolute Gasteiger partial charge is 0.493 e. The average Bonchev–Trinajstić information content (AvgIpc) is 2.45. The monoisotopic (exact) mass is 261 g/mol. The Bertz CT molecular complexity index is 512. The summed E-state index contributed by atoms with van der Waals surface area (Å²) in [6.07, 6.45) is 3.62. The Morgan fingerprint density at radius 2 is 1.89 bits per heavy atom. The van der Waals surface area contributed by atoms with Gasteiger partial charge in [0.1, 0.15) is 0 Å². The molecule has 4 nitrogen and oxygen atoms in total. The number of benzene rings is 1. The van der Waals surface area contributed by atoms with E-state index in [0.29, 0.717) is 6.42 Å². The van der Waals surface area contributed by atoms with Gasteiger partial charge in [-0.3, -0.25) is 4.79 Å².